The number of phenols is 5. The van der Waals surface area contributed by atoms with Crippen LogP contribution in [0.15, 0.2) is 48.5 Å². The van der Waals surface area contributed by atoms with Crippen LogP contribution >= 0.6 is 0 Å². The fraction of sp³-hybridized carbons (Fsp3) is 0.302. The first-order valence-electron chi connectivity index (χ1n) is 16.6. The van der Waals surface area contributed by atoms with E-state index in [2.05, 4.69) is 0 Å². The second kappa shape index (κ2) is 13.3. The summed E-state index contributed by atoms with van der Waals surface area (Å²) in [6, 6.07) is 15.5. The number of hydrogen-bond donors (Lipinski definition) is 5. The summed E-state index contributed by atoms with van der Waals surface area (Å²) in [5.74, 6) is 1.12. The van der Waals surface area contributed by atoms with E-state index in [0.717, 1.165) is 94.6 Å². The molecule has 0 saturated carbocycles. The maximum Gasteiger partial charge on any atom is 0.122 e. The van der Waals surface area contributed by atoms with Gasteiger partial charge in [0.2, 0.25) is 0 Å². The summed E-state index contributed by atoms with van der Waals surface area (Å²) in [5.41, 5.74) is 15.3. The van der Waals surface area contributed by atoms with Gasteiger partial charge in [-0.15, -0.1) is 0 Å². The molecule has 5 rings (SSSR count). The highest BCUT2D eigenvalue weighted by Gasteiger charge is 2.20. The van der Waals surface area contributed by atoms with Crippen molar-refractivity contribution in [1.82, 2.24) is 0 Å². The molecule has 5 aromatic rings. The lowest BCUT2D eigenvalue weighted by molar-refractivity contribution is 0.458. The normalized spacial score (nSPS) is 11.4. The Morgan fingerprint density at radius 3 is 1.04 bits per heavy atom. The summed E-state index contributed by atoms with van der Waals surface area (Å²) in [4.78, 5) is 0. The van der Waals surface area contributed by atoms with E-state index in [4.69, 9.17) is 0 Å². The second-order valence-electron chi connectivity index (χ2n) is 13.9. The van der Waals surface area contributed by atoms with Crippen LogP contribution in [0.3, 0.4) is 0 Å². The maximum atomic E-state index is 11.7. The SMILES string of the molecule is Cc1cc(Cc2cc(C)c(O)c(Cc3cc(C)c(C)cc3O)c2C)c(O)c(Cc2cc(C)c(O)c(Cc3cc(C)c(C)cc3O)c2C)c1. The molecule has 0 heterocycles. The summed E-state index contributed by atoms with van der Waals surface area (Å²) >= 11 is 0. The van der Waals surface area contributed by atoms with Gasteiger partial charge in [0.15, 0.2) is 0 Å². The van der Waals surface area contributed by atoms with E-state index in [1.807, 2.05) is 98.7 Å². The minimum Gasteiger partial charge on any atom is -0.508 e. The Morgan fingerprint density at radius 1 is 0.333 bits per heavy atom. The third kappa shape index (κ3) is 6.73. The van der Waals surface area contributed by atoms with Crippen molar-refractivity contribution in [2.24, 2.45) is 0 Å². The predicted molar refractivity (Wildman–Crippen MR) is 194 cm³/mol. The van der Waals surface area contributed by atoms with E-state index < -0.39 is 0 Å². The van der Waals surface area contributed by atoms with Crippen LogP contribution in [0, 0.1) is 62.3 Å². The maximum absolute atomic E-state index is 11.7. The Hall–Kier alpha value is -4.90. The molecule has 5 nitrogen and oxygen atoms in total. The Bertz CT molecular complexity index is 1920. The first kappa shape index (κ1) is 34.4. The lowest BCUT2D eigenvalue weighted by atomic mass is 9.87. The van der Waals surface area contributed by atoms with Gasteiger partial charge in [-0.05, 0) is 152 Å². The van der Waals surface area contributed by atoms with E-state index >= 15 is 0 Å². The van der Waals surface area contributed by atoms with Crippen molar-refractivity contribution in [3.63, 3.8) is 0 Å². The molecule has 48 heavy (non-hydrogen) atoms. The van der Waals surface area contributed by atoms with Crippen LogP contribution in [0.25, 0.3) is 0 Å². The van der Waals surface area contributed by atoms with Gasteiger partial charge in [0, 0.05) is 36.8 Å². The summed E-state index contributed by atoms with van der Waals surface area (Å²) < 4.78 is 0. The second-order valence-corrected chi connectivity index (χ2v) is 13.9. The number of hydrogen-bond acceptors (Lipinski definition) is 5. The zero-order valence-corrected chi connectivity index (χ0v) is 29.7. The van der Waals surface area contributed by atoms with Gasteiger partial charge in [-0.1, -0.05) is 42.0 Å². The number of phenolic OH excluding ortho intramolecular Hbond substituents is 5. The number of benzene rings is 5. The van der Waals surface area contributed by atoms with Crippen molar-refractivity contribution < 1.29 is 25.5 Å². The molecule has 5 heteroatoms. The highest BCUT2D eigenvalue weighted by molar-refractivity contribution is 5.58. The van der Waals surface area contributed by atoms with Crippen LogP contribution in [-0.2, 0) is 25.7 Å². The Balaban J connectivity index is 1.50. The molecule has 0 amide bonds. The third-order valence-corrected chi connectivity index (χ3v) is 10.3. The fourth-order valence-electron chi connectivity index (χ4n) is 6.89. The molecule has 250 valence electrons. The van der Waals surface area contributed by atoms with Crippen LogP contribution in [0.5, 0.6) is 28.7 Å². The van der Waals surface area contributed by atoms with Crippen molar-refractivity contribution in [3.05, 3.63) is 143 Å². The third-order valence-electron chi connectivity index (χ3n) is 10.3. The average molecular weight is 645 g/mol. The van der Waals surface area contributed by atoms with Gasteiger partial charge >= 0.3 is 0 Å². The van der Waals surface area contributed by atoms with E-state index in [9.17, 15) is 25.5 Å². The van der Waals surface area contributed by atoms with Gasteiger partial charge in [0.05, 0.1) is 0 Å². The molecule has 0 saturated heterocycles. The standard InChI is InChI=1S/C43H48O5/c1-22-10-35(18-31-14-27(6)41(46)37(29(31)8)20-33-12-23(2)25(4)16-39(33)44)43(48)36(11-22)19-32-15-28(7)42(47)38(30(32)9)21-34-13-24(3)26(5)17-40(34)45/h10-17,44-48H,18-21H2,1-9H3. The number of aryl methyl sites for hydroxylation is 7. The minimum absolute atomic E-state index is 0.217. The van der Waals surface area contributed by atoms with Crippen molar-refractivity contribution in [3.8, 4) is 28.7 Å². The molecular formula is C43H48O5. The van der Waals surface area contributed by atoms with Gasteiger partial charge in [0.25, 0.3) is 0 Å². The molecule has 0 fully saturated rings. The molecule has 0 aromatic heterocycles. The van der Waals surface area contributed by atoms with Gasteiger partial charge in [-0.3, -0.25) is 0 Å². The van der Waals surface area contributed by atoms with E-state index in [0.29, 0.717) is 25.7 Å². The monoisotopic (exact) mass is 644 g/mol. The topological polar surface area (TPSA) is 101 Å². The van der Waals surface area contributed by atoms with Gasteiger partial charge < -0.3 is 25.5 Å². The Morgan fingerprint density at radius 2 is 0.667 bits per heavy atom. The molecule has 0 radical (unpaired) electrons. The molecule has 5 aromatic carbocycles. The molecule has 0 aliphatic heterocycles. The van der Waals surface area contributed by atoms with Crippen LogP contribution in [0.4, 0.5) is 0 Å². The van der Waals surface area contributed by atoms with Crippen molar-refractivity contribution >= 4 is 0 Å². The van der Waals surface area contributed by atoms with Crippen LogP contribution in [0.2, 0.25) is 0 Å². The first-order valence-corrected chi connectivity index (χ1v) is 16.6. The van der Waals surface area contributed by atoms with Crippen LogP contribution in [0.1, 0.15) is 94.6 Å². The lowest BCUT2D eigenvalue weighted by Gasteiger charge is -2.20. The summed E-state index contributed by atoms with van der Waals surface area (Å²) in [6.45, 7) is 17.7. The largest absolute Gasteiger partial charge is 0.508 e. The van der Waals surface area contributed by atoms with Crippen LogP contribution < -0.4 is 0 Å². The molecule has 0 bridgehead atoms. The molecule has 0 unspecified atom stereocenters. The molecule has 0 spiro atoms. The molecule has 0 atom stereocenters. The van der Waals surface area contributed by atoms with E-state index in [1.54, 1.807) is 12.1 Å². The number of rotatable bonds is 8. The highest BCUT2D eigenvalue weighted by atomic mass is 16.3. The zero-order valence-electron chi connectivity index (χ0n) is 29.7. The van der Waals surface area contributed by atoms with Gasteiger partial charge in [-0.2, -0.15) is 0 Å². The van der Waals surface area contributed by atoms with Gasteiger partial charge in [0.1, 0.15) is 28.7 Å². The highest BCUT2D eigenvalue weighted by Crippen LogP contribution is 2.38. The number of aromatic hydroxyl groups is 5. The van der Waals surface area contributed by atoms with Crippen molar-refractivity contribution in [2.75, 3.05) is 0 Å². The minimum atomic E-state index is 0.217. The Labute approximate surface area is 284 Å². The summed E-state index contributed by atoms with van der Waals surface area (Å²) in [5, 5.41) is 55.3. The molecule has 5 N–H and O–H groups in total. The molecule has 0 aliphatic carbocycles. The van der Waals surface area contributed by atoms with Crippen molar-refractivity contribution in [1.29, 1.82) is 0 Å². The van der Waals surface area contributed by atoms with E-state index in [1.165, 1.54) is 0 Å². The molecule has 0 aliphatic rings. The molecular weight excluding hydrogens is 596 g/mol. The van der Waals surface area contributed by atoms with Crippen molar-refractivity contribution in [2.45, 2.75) is 88.0 Å². The van der Waals surface area contributed by atoms with Gasteiger partial charge in [-0.25, -0.2) is 0 Å². The fourth-order valence-corrected chi connectivity index (χ4v) is 6.89. The van der Waals surface area contributed by atoms with E-state index in [-0.39, 0.29) is 28.7 Å². The first-order chi connectivity index (χ1) is 22.5. The zero-order chi connectivity index (χ0) is 35.2. The van der Waals surface area contributed by atoms with Crippen LogP contribution in [-0.4, -0.2) is 25.5 Å². The summed E-state index contributed by atoms with van der Waals surface area (Å²) in [7, 11) is 0. The Kier molecular flexibility index (Phi) is 9.55. The average Bonchev–Trinajstić information content (AvgIpc) is 3.02. The summed E-state index contributed by atoms with van der Waals surface area (Å²) in [6.07, 6.45) is 1.74. The smallest absolute Gasteiger partial charge is 0.122 e. The predicted octanol–water partition coefficient (Wildman–Crippen LogP) is 9.35. The lowest BCUT2D eigenvalue weighted by Crippen LogP contribution is -2.04. The quantitative estimate of drug-likeness (QED) is 0.116.